The molecular weight excluding hydrogens is 328 g/mol. The number of alkyl halides is 3. The Morgan fingerprint density at radius 1 is 1.10 bits per heavy atom. The van der Waals surface area contributed by atoms with Crippen molar-refractivity contribution in [3.8, 4) is 0 Å². The summed E-state index contributed by atoms with van der Waals surface area (Å²) >= 11 is 11.7. The SMILES string of the molecule is O=C(N1CCN(Cc2ccc(Cl)c(Cl)c2)CC1)C(F)(F)F. The third-order valence-corrected chi connectivity index (χ3v) is 4.03. The molecule has 1 aliphatic rings. The second-order valence-corrected chi connectivity index (χ2v) is 5.63. The van der Waals surface area contributed by atoms with E-state index in [9.17, 15) is 18.0 Å². The van der Waals surface area contributed by atoms with Gasteiger partial charge in [-0.2, -0.15) is 13.2 Å². The minimum Gasteiger partial charge on any atom is -0.332 e. The van der Waals surface area contributed by atoms with Crippen LogP contribution in [0.25, 0.3) is 0 Å². The first kappa shape index (κ1) is 16.4. The van der Waals surface area contributed by atoms with Crippen LogP contribution in [0, 0.1) is 0 Å². The normalized spacial score (nSPS) is 17.1. The number of amides is 1. The summed E-state index contributed by atoms with van der Waals surface area (Å²) in [5.41, 5.74) is 0.931. The van der Waals surface area contributed by atoms with Gasteiger partial charge in [-0.05, 0) is 17.7 Å². The van der Waals surface area contributed by atoms with E-state index in [1.165, 1.54) is 0 Å². The average Bonchev–Trinajstić information content (AvgIpc) is 2.42. The Morgan fingerprint density at radius 2 is 1.71 bits per heavy atom. The van der Waals surface area contributed by atoms with Crippen LogP contribution in [-0.4, -0.2) is 48.1 Å². The number of rotatable bonds is 2. The minimum absolute atomic E-state index is 0.0691. The Morgan fingerprint density at radius 3 is 2.24 bits per heavy atom. The molecule has 1 aliphatic heterocycles. The van der Waals surface area contributed by atoms with Gasteiger partial charge in [-0.1, -0.05) is 29.3 Å². The van der Waals surface area contributed by atoms with Crippen LogP contribution in [0.3, 0.4) is 0 Å². The van der Waals surface area contributed by atoms with Gasteiger partial charge in [0.25, 0.3) is 0 Å². The van der Waals surface area contributed by atoms with Crippen LogP contribution >= 0.6 is 23.2 Å². The van der Waals surface area contributed by atoms with Crippen LogP contribution < -0.4 is 0 Å². The quantitative estimate of drug-likeness (QED) is 0.825. The Labute approximate surface area is 130 Å². The molecular formula is C13H13Cl2F3N2O. The number of benzene rings is 1. The van der Waals surface area contributed by atoms with Crippen LogP contribution in [0.15, 0.2) is 18.2 Å². The summed E-state index contributed by atoms with van der Waals surface area (Å²) in [6, 6.07) is 5.24. The maximum absolute atomic E-state index is 12.3. The van der Waals surface area contributed by atoms with Crippen molar-refractivity contribution in [2.24, 2.45) is 0 Å². The third-order valence-electron chi connectivity index (χ3n) is 3.29. The molecule has 3 nitrogen and oxygen atoms in total. The summed E-state index contributed by atoms with van der Waals surface area (Å²) in [4.78, 5) is 13.9. The Balaban J connectivity index is 1.89. The fourth-order valence-electron chi connectivity index (χ4n) is 2.18. The van der Waals surface area contributed by atoms with Gasteiger partial charge in [-0.25, -0.2) is 0 Å². The zero-order chi connectivity index (χ0) is 15.6. The highest BCUT2D eigenvalue weighted by Crippen LogP contribution is 2.24. The van der Waals surface area contributed by atoms with Crippen molar-refractivity contribution in [2.75, 3.05) is 26.2 Å². The summed E-state index contributed by atoms with van der Waals surface area (Å²) < 4.78 is 37.0. The summed E-state index contributed by atoms with van der Waals surface area (Å²) in [5, 5.41) is 0.904. The molecule has 0 aromatic heterocycles. The summed E-state index contributed by atoms with van der Waals surface area (Å²) in [6.07, 6.45) is -4.80. The van der Waals surface area contributed by atoms with Crippen LogP contribution in [0.2, 0.25) is 10.0 Å². The van der Waals surface area contributed by atoms with E-state index in [0.29, 0.717) is 29.7 Å². The van der Waals surface area contributed by atoms with Crippen molar-refractivity contribution in [3.05, 3.63) is 33.8 Å². The van der Waals surface area contributed by atoms with Gasteiger partial charge in [0.1, 0.15) is 0 Å². The predicted molar refractivity (Wildman–Crippen MR) is 74.4 cm³/mol. The molecule has 1 saturated heterocycles. The molecule has 0 radical (unpaired) electrons. The fraction of sp³-hybridized carbons (Fsp3) is 0.462. The molecule has 0 bridgehead atoms. The highest BCUT2D eigenvalue weighted by atomic mass is 35.5. The number of hydrogen-bond donors (Lipinski definition) is 0. The lowest BCUT2D eigenvalue weighted by atomic mass is 10.2. The van der Waals surface area contributed by atoms with E-state index in [1.54, 1.807) is 12.1 Å². The largest absolute Gasteiger partial charge is 0.471 e. The standard InChI is InChI=1S/C13H13Cl2F3N2O/c14-10-2-1-9(7-11(10)15)8-19-3-5-20(6-4-19)12(21)13(16,17)18/h1-2,7H,3-6,8H2. The number of carbonyl (C=O) groups excluding carboxylic acids is 1. The Kier molecular flexibility index (Phi) is 5.01. The first-order valence-electron chi connectivity index (χ1n) is 6.30. The van der Waals surface area contributed by atoms with Gasteiger partial charge in [0.05, 0.1) is 10.0 Å². The van der Waals surface area contributed by atoms with Crippen molar-refractivity contribution in [3.63, 3.8) is 0 Å². The molecule has 0 unspecified atom stereocenters. The van der Waals surface area contributed by atoms with Crippen molar-refractivity contribution < 1.29 is 18.0 Å². The Hall–Kier alpha value is -0.980. The monoisotopic (exact) mass is 340 g/mol. The molecule has 116 valence electrons. The van der Waals surface area contributed by atoms with E-state index in [1.807, 2.05) is 11.0 Å². The van der Waals surface area contributed by atoms with Gasteiger partial charge in [0.2, 0.25) is 0 Å². The van der Waals surface area contributed by atoms with E-state index < -0.39 is 12.1 Å². The van der Waals surface area contributed by atoms with Crippen molar-refractivity contribution in [2.45, 2.75) is 12.7 Å². The molecule has 0 atom stereocenters. The van der Waals surface area contributed by atoms with Crippen LogP contribution in [0.1, 0.15) is 5.56 Å². The molecule has 2 rings (SSSR count). The number of carbonyl (C=O) groups is 1. The Bertz CT molecular complexity index is 529. The van der Waals surface area contributed by atoms with E-state index in [2.05, 4.69) is 0 Å². The smallest absolute Gasteiger partial charge is 0.332 e. The van der Waals surface area contributed by atoms with Crippen molar-refractivity contribution >= 4 is 29.1 Å². The second-order valence-electron chi connectivity index (χ2n) is 4.81. The lowest BCUT2D eigenvalue weighted by Crippen LogP contribution is -2.52. The minimum atomic E-state index is -4.80. The first-order chi connectivity index (χ1) is 9.77. The molecule has 0 N–H and O–H groups in total. The van der Waals surface area contributed by atoms with Gasteiger partial charge in [-0.15, -0.1) is 0 Å². The van der Waals surface area contributed by atoms with Gasteiger partial charge in [0, 0.05) is 32.7 Å². The van der Waals surface area contributed by atoms with Crippen LogP contribution in [0.4, 0.5) is 13.2 Å². The molecule has 1 heterocycles. The maximum atomic E-state index is 12.3. The maximum Gasteiger partial charge on any atom is 0.471 e. The molecule has 0 spiro atoms. The lowest BCUT2D eigenvalue weighted by molar-refractivity contribution is -0.187. The zero-order valence-electron chi connectivity index (χ0n) is 11.0. The second kappa shape index (κ2) is 6.42. The highest BCUT2D eigenvalue weighted by molar-refractivity contribution is 6.42. The predicted octanol–water partition coefficient (Wildman–Crippen LogP) is 3.20. The molecule has 0 aliphatic carbocycles. The molecule has 1 aromatic carbocycles. The van der Waals surface area contributed by atoms with Crippen LogP contribution in [-0.2, 0) is 11.3 Å². The van der Waals surface area contributed by atoms with E-state index >= 15 is 0 Å². The number of hydrogen-bond acceptors (Lipinski definition) is 2. The number of piperazine rings is 1. The van der Waals surface area contributed by atoms with E-state index in [4.69, 9.17) is 23.2 Å². The molecule has 1 amide bonds. The zero-order valence-corrected chi connectivity index (χ0v) is 12.5. The third kappa shape index (κ3) is 4.25. The molecule has 8 heteroatoms. The summed E-state index contributed by atoms with van der Waals surface area (Å²) in [5.74, 6) is -1.77. The van der Waals surface area contributed by atoms with E-state index in [-0.39, 0.29) is 13.1 Å². The number of nitrogens with zero attached hydrogens (tertiary/aromatic N) is 2. The topological polar surface area (TPSA) is 23.6 Å². The molecule has 0 saturated carbocycles. The molecule has 21 heavy (non-hydrogen) atoms. The average molecular weight is 341 g/mol. The van der Waals surface area contributed by atoms with Gasteiger partial charge in [0.15, 0.2) is 0 Å². The van der Waals surface area contributed by atoms with E-state index in [0.717, 1.165) is 10.5 Å². The first-order valence-corrected chi connectivity index (χ1v) is 7.05. The summed E-state index contributed by atoms with van der Waals surface area (Å²) in [7, 11) is 0. The summed E-state index contributed by atoms with van der Waals surface area (Å²) in [6.45, 7) is 1.48. The van der Waals surface area contributed by atoms with Crippen molar-refractivity contribution in [1.82, 2.24) is 9.80 Å². The number of halogens is 5. The van der Waals surface area contributed by atoms with Gasteiger partial charge in [-0.3, -0.25) is 9.69 Å². The molecule has 1 aromatic rings. The highest BCUT2D eigenvalue weighted by Gasteiger charge is 2.43. The van der Waals surface area contributed by atoms with Gasteiger partial charge >= 0.3 is 12.1 Å². The molecule has 1 fully saturated rings. The lowest BCUT2D eigenvalue weighted by Gasteiger charge is -2.35. The van der Waals surface area contributed by atoms with Crippen LogP contribution in [0.5, 0.6) is 0 Å². The van der Waals surface area contributed by atoms with Gasteiger partial charge < -0.3 is 4.90 Å². The fourth-order valence-corrected chi connectivity index (χ4v) is 2.51. The van der Waals surface area contributed by atoms with Crippen molar-refractivity contribution in [1.29, 1.82) is 0 Å².